The molecule has 0 fully saturated rings. The van der Waals surface area contributed by atoms with Crippen molar-refractivity contribution in [1.29, 1.82) is 0 Å². The zero-order chi connectivity index (χ0) is 10.6. The van der Waals surface area contributed by atoms with Gasteiger partial charge in [-0.3, -0.25) is 0 Å². The zero-order valence-electron chi connectivity index (χ0n) is 9.50. The summed E-state index contributed by atoms with van der Waals surface area (Å²) in [6.45, 7) is 10.3. The van der Waals surface area contributed by atoms with Crippen molar-refractivity contribution in [2.45, 2.75) is 40.2 Å². The van der Waals surface area contributed by atoms with Gasteiger partial charge in [0.2, 0.25) is 5.89 Å². The maximum Gasteiger partial charge on any atom is 0.208 e. The fourth-order valence-electron chi connectivity index (χ4n) is 1.14. The number of hydrogen-bond donors (Lipinski definition) is 1. The topological polar surface area (TPSA) is 38.1 Å². The highest BCUT2D eigenvalue weighted by Crippen LogP contribution is 2.14. The van der Waals surface area contributed by atoms with E-state index in [-0.39, 0.29) is 0 Å². The van der Waals surface area contributed by atoms with Crippen LogP contribution in [-0.4, -0.2) is 11.5 Å². The normalized spacial score (nSPS) is 11.6. The van der Waals surface area contributed by atoms with Gasteiger partial charge in [0.05, 0.1) is 12.7 Å². The van der Waals surface area contributed by atoms with Crippen molar-refractivity contribution in [3.8, 4) is 0 Å². The van der Waals surface area contributed by atoms with Crippen LogP contribution in [0.2, 0.25) is 0 Å². The van der Waals surface area contributed by atoms with E-state index >= 15 is 0 Å². The zero-order valence-corrected chi connectivity index (χ0v) is 9.50. The Morgan fingerprint density at radius 1 is 1.36 bits per heavy atom. The largest absolute Gasteiger partial charge is 0.444 e. The van der Waals surface area contributed by atoms with E-state index in [4.69, 9.17) is 4.42 Å². The highest BCUT2D eigenvalue weighted by atomic mass is 16.4. The number of nitrogens with one attached hydrogen (secondary N) is 1. The maximum atomic E-state index is 5.55. The molecule has 0 amide bonds. The van der Waals surface area contributed by atoms with E-state index in [1.165, 1.54) is 0 Å². The number of nitrogens with zero attached hydrogens (tertiary/aromatic N) is 1. The standard InChI is InChI=1S/C11H20N2O/c1-8(2)5-12-7-11-13-6-10(14-11)9(3)4/h6,8-9,12H,5,7H2,1-4H3. The molecule has 1 aromatic rings. The molecule has 1 aromatic heterocycles. The Labute approximate surface area is 85.9 Å². The predicted octanol–water partition coefficient (Wildman–Crippen LogP) is 2.54. The molecule has 0 aliphatic heterocycles. The summed E-state index contributed by atoms with van der Waals surface area (Å²) < 4.78 is 5.55. The molecule has 14 heavy (non-hydrogen) atoms. The van der Waals surface area contributed by atoms with E-state index in [1.54, 1.807) is 0 Å². The van der Waals surface area contributed by atoms with Gasteiger partial charge in [0.25, 0.3) is 0 Å². The van der Waals surface area contributed by atoms with Gasteiger partial charge in [-0.05, 0) is 12.5 Å². The Bertz CT molecular complexity index is 266. The highest BCUT2D eigenvalue weighted by Gasteiger charge is 2.06. The molecular weight excluding hydrogens is 176 g/mol. The third-order valence-corrected chi connectivity index (χ3v) is 1.97. The van der Waals surface area contributed by atoms with E-state index in [1.807, 2.05) is 6.20 Å². The molecule has 1 rings (SSSR count). The lowest BCUT2D eigenvalue weighted by atomic mass is 10.2. The molecule has 0 saturated carbocycles. The van der Waals surface area contributed by atoms with Gasteiger partial charge in [-0.1, -0.05) is 27.7 Å². The monoisotopic (exact) mass is 196 g/mol. The first-order chi connectivity index (χ1) is 6.59. The van der Waals surface area contributed by atoms with Crippen LogP contribution >= 0.6 is 0 Å². The summed E-state index contributed by atoms with van der Waals surface area (Å²) in [6.07, 6.45) is 1.82. The van der Waals surface area contributed by atoms with Crippen LogP contribution in [0.1, 0.15) is 45.3 Å². The molecule has 0 atom stereocenters. The molecule has 0 spiro atoms. The van der Waals surface area contributed by atoms with Gasteiger partial charge >= 0.3 is 0 Å². The minimum atomic E-state index is 0.418. The summed E-state index contributed by atoms with van der Waals surface area (Å²) in [5, 5.41) is 3.30. The lowest BCUT2D eigenvalue weighted by Gasteiger charge is -2.04. The minimum absolute atomic E-state index is 0.418. The first-order valence-electron chi connectivity index (χ1n) is 5.25. The molecule has 0 saturated heterocycles. The van der Waals surface area contributed by atoms with E-state index in [0.717, 1.165) is 24.7 Å². The molecule has 1 N–H and O–H groups in total. The van der Waals surface area contributed by atoms with Crippen molar-refractivity contribution in [3.05, 3.63) is 17.8 Å². The Balaban J connectivity index is 2.36. The molecule has 0 bridgehead atoms. The van der Waals surface area contributed by atoms with Gasteiger partial charge in [-0.2, -0.15) is 0 Å². The third-order valence-electron chi connectivity index (χ3n) is 1.97. The average molecular weight is 196 g/mol. The summed E-state index contributed by atoms with van der Waals surface area (Å²) >= 11 is 0. The maximum absolute atomic E-state index is 5.55. The second kappa shape index (κ2) is 5.15. The number of hydrogen-bond acceptors (Lipinski definition) is 3. The van der Waals surface area contributed by atoms with Gasteiger partial charge < -0.3 is 9.73 Å². The van der Waals surface area contributed by atoms with Crippen LogP contribution in [-0.2, 0) is 6.54 Å². The van der Waals surface area contributed by atoms with E-state index in [9.17, 15) is 0 Å². The summed E-state index contributed by atoms with van der Waals surface area (Å²) in [5.41, 5.74) is 0. The molecule has 1 heterocycles. The Hall–Kier alpha value is -0.830. The van der Waals surface area contributed by atoms with Crippen molar-refractivity contribution in [2.24, 2.45) is 5.92 Å². The summed E-state index contributed by atoms with van der Waals surface area (Å²) in [6, 6.07) is 0. The fourth-order valence-corrected chi connectivity index (χ4v) is 1.14. The van der Waals surface area contributed by atoms with Gasteiger partial charge in [0.15, 0.2) is 0 Å². The quantitative estimate of drug-likeness (QED) is 0.786. The Morgan fingerprint density at radius 2 is 2.07 bits per heavy atom. The minimum Gasteiger partial charge on any atom is -0.444 e. The predicted molar refractivity (Wildman–Crippen MR) is 57.1 cm³/mol. The SMILES string of the molecule is CC(C)CNCc1ncc(C(C)C)o1. The number of rotatable bonds is 5. The fraction of sp³-hybridized carbons (Fsp3) is 0.727. The smallest absolute Gasteiger partial charge is 0.208 e. The third kappa shape index (κ3) is 3.50. The summed E-state index contributed by atoms with van der Waals surface area (Å²) in [5.74, 6) is 2.83. The second-order valence-electron chi connectivity index (χ2n) is 4.34. The van der Waals surface area contributed by atoms with Gasteiger partial charge in [-0.25, -0.2) is 4.98 Å². The van der Waals surface area contributed by atoms with Crippen LogP contribution in [0.4, 0.5) is 0 Å². The van der Waals surface area contributed by atoms with Crippen LogP contribution in [0.25, 0.3) is 0 Å². The lowest BCUT2D eigenvalue weighted by molar-refractivity contribution is 0.415. The first kappa shape index (κ1) is 11.2. The van der Waals surface area contributed by atoms with Crippen molar-refractivity contribution in [1.82, 2.24) is 10.3 Å². The van der Waals surface area contributed by atoms with Crippen LogP contribution < -0.4 is 5.32 Å². The Kier molecular flexibility index (Phi) is 4.14. The molecule has 3 heteroatoms. The van der Waals surface area contributed by atoms with E-state index < -0.39 is 0 Å². The van der Waals surface area contributed by atoms with Crippen molar-refractivity contribution < 1.29 is 4.42 Å². The van der Waals surface area contributed by atoms with E-state index in [2.05, 4.69) is 38.0 Å². The van der Waals surface area contributed by atoms with Crippen LogP contribution in [0.3, 0.4) is 0 Å². The molecular formula is C11H20N2O. The van der Waals surface area contributed by atoms with Crippen molar-refractivity contribution in [3.63, 3.8) is 0 Å². The van der Waals surface area contributed by atoms with Gasteiger partial charge in [-0.15, -0.1) is 0 Å². The van der Waals surface area contributed by atoms with Crippen LogP contribution in [0, 0.1) is 5.92 Å². The molecule has 0 aromatic carbocycles. The highest BCUT2D eigenvalue weighted by molar-refractivity contribution is 4.98. The number of aromatic nitrogens is 1. The lowest BCUT2D eigenvalue weighted by Crippen LogP contribution is -2.19. The number of oxazole rings is 1. The molecule has 0 aliphatic rings. The molecule has 80 valence electrons. The summed E-state index contributed by atoms with van der Waals surface area (Å²) in [7, 11) is 0. The van der Waals surface area contributed by atoms with Crippen molar-refractivity contribution >= 4 is 0 Å². The first-order valence-corrected chi connectivity index (χ1v) is 5.25. The van der Waals surface area contributed by atoms with Gasteiger partial charge in [0, 0.05) is 5.92 Å². The summed E-state index contributed by atoms with van der Waals surface area (Å²) in [4.78, 5) is 4.21. The van der Waals surface area contributed by atoms with E-state index in [0.29, 0.717) is 11.8 Å². The van der Waals surface area contributed by atoms with Crippen molar-refractivity contribution in [2.75, 3.05) is 6.54 Å². The van der Waals surface area contributed by atoms with Crippen LogP contribution in [0.5, 0.6) is 0 Å². The average Bonchev–Trinajstić information content (AvgIpc) is 2.52. The van der Waals surface area contributed by atoms with Gasteiger partial charge in [0.1, 0.15) is 5.76 Å². The van der Waals surface area contributed by atoms with Crippen LogP contribution in [0.15, 0.2) is 10.6 Å². The molecule has 3 nitrogen and oxygen atoms in total. The molecule has 0 aliphatic carbocycles. The second-order valence-corrected chi connectivity index (χ2v) is 4.34. The molecule has 0 unspecified atom stereocenters. The molecule has 0 radical (unpaired) electrons. The Morgan fingerprint density at radius 3 is 2.57 bits per heavy atom.